The van der Waals surface area contributed by atoms with Gasteiger partial charge in [0.1, 0.15) is 12.2 Å². The number of nitrogens with zero attached hydrogens (tertiary/aromatic N) is 2. The van der Waals surface area contributed by atoms with Gasteiger partial charge in [-0.1, -0.05) is 36.0 Å². The summed E-state index contributed by atoms with van der Waals surface area (Å²) in [6.07, 6.45) is 5.71. The minimum absolute atomic E-state index is 0. The SMILES string of the molecule is CC(C)(C)OC(=O)[C@H](NC(=O)OCc1[c-]nn[nH]1)c1ccccc1.[Au].[CH2-][P+](CC)(CC)CC. The molecule has 2 N–H and O–H groups in total. The van der Waals surface area contributed by atoms with Crippen LogP contribution < -0.4 is 5.32 Å². The maximum Gasteiger partial charge on any atom is 0.408 e. The van der Waals surface area contributed by atoms with Crippen molar-refractivity contribution < 1.29 is 41.4 Å². The molecule has 189 valence electrons. The van der Waals surface area contributed by atoms with E-state index in [9.17, 15) is 9.59 Å². The number of hydrogen-bond donors (Lipinski definition) is 2. The van der Waals surface area contributed by atoms with Crippen LogP contribution in [0.5, 0.6) is 0 Å². The third-order valence-corrected chi connectivity index (χ3v) is 8.84. The minimum atomic E-state index is -0.971. The van der Waals surface area contributed by atoms with E-state index in [1.165, 1.54) is 18.5 Å². The van der Waals surface area contributed by atoms with Gasteiger partial charge in [0.2, 0.25) is 0 Å². The normalized spacial score (nSPS) is 11.8. The van der Waals surface area contributed by atoms with Gasteiger partial charge >= 0.3 is 12.1 Å². The Morgan fingerprint density at radius 2 is 1.73 bits per heavy atom. The number of aromatic amines is 1. The van der Waals surface area contributed by atoms with Crippen molar-refractivity contribution in [2.75, 3.05) is 18.5 Å². The number of H-pyrrole nitrogens is 1. The molecule has 0 saturated carbocycles. The van der Waals surface area contributed by atoms with E-state index in [1.807, 2.05) is 6.07 Å². The maximum atomic E-state index is 12.4. The minimum Gasteiger partial charge on any atom is -0.458 e. The summed E-state index contributed by atoms with van der Waals surface area (Å²) in [6, 6.07) is 7.83. The van der Waals surface area contributed by atoms with Crippen molar-refractivity contribution in [3.8, 4) is 0 Å². The number of rotatable bonds is 8. The molecule has 0 spiro atoms. The van der Waals surface area contributed by atoms with Crippen LogP contribution in [0.15, 0.2) is 30.3 Å². The fraction of sp³-hybridized carbons (Fsp3) is 0.522. The zero-order valence-corrected chi connectivity index (χ0v) is 23.3. The van der Waals surface area contributed by atoms with Gasteiger partial charge in [-0.2, -0.15) is 6.66 Å². The zero-order valence-electron chi connectivity index (χ0n) is 20.3. The summed E-state index contributed by atoms with van der Waals surface area (Å²) >= 11 is 0. The van der Waals surface area contributed by atoms with Gasteiger partial charge in [0.05, 0.1) is 0 Å². The molecule has 1 aromatic heterocycles. The number of aromatic nitrogens is 3. The number of benzene rings is 1. The Labute approximate surface area is 213 Å². The van der Waals surface area contributed by atoms with Gasteiger partial charge in [0.25, 0.3) is 0 Å². The van der Waals surface area contributed by atoms with Crippen LogP contribution in [-0.4, -0.2) is 51.6 Å². The molecule has 10 heteroatoms. The molecule has 2 rings (SSSR count). The molecule has 1 atom stereocenters. The molecule has 0 bridgehead atoms. The molecule has 1 heterocycles. The summed E-state index contributed by atoms with van der Waals surface area (Å²) in [7, 11) is -0.662. The molecule has 1 aromatic carbocycles. The van der Waals surface area contributed by atoms with Crippen molar-refractivity contribution in [2.24, 2.45) is 0 Å². The van der Waals surface area contributed by atoms with Crippen molar-refractivity contribution in [3.05, 3.63) is 54.5 Å². The van der Waals surface area contributed by atoms with E-state index in [0.717, 1.165) is 0 Å². The number of esters is 1. The topological polar surface area (TPSA) is 106 Å². The molecule has 0 aliphatic rings. The maximum absolute atomic E-state index is 12.4. The van der Waals surface area contributed by atoms with Crippen molar-refractivity contribution in [2.45, 2.75) is 59.8 Å². The second-order valence-corrected chi connectivity index (χ2v) is 12.9. The third kappa shape index (κ3) is 12.3. The van der Waals surface area contributed by atoms with Crippen LogP contribution in [0, 0.1) is 12.9 Å². The first-order valence-electron chi connectivity index (χ1n) is 10.7. The molecule has 0 unspecified atom stereocenters. The van der Waals surface area contributed by atoms with Gasteiger partial charge in [-0.15, -0.1) is 12.5 Å². The van der Waals surface area contributed by atoms with Crippen LogP contribution in [0.25, 0.3) is 0 Å². The summed E-state index contributed by atoms with van der Waals surface area (Å²) in [6.45, 7) is 16.2. The van der Waals surface area contributed by atoms with Crippen LogP contribution in [0.2, 0.25) is 0 Å². The van der Waals surface area contributed by atoms with E-state index < -0.39 is 31.0 Å². The van der Waals surface area contributed by atoms with Crippen LogP contribution >= 0.6 is 7.26 Å². The number of carbonyl (C=O) groups excluding carboxylic acids is 2. The Hall–Kier alpha value is -1.73. The predicted octanol–water partition coefficient (Wildman–Crippen LogP) is 4.77. The van der Waals surface area contributed by atoms with Crippen LogP contribution in [-0.2, 0) is 43.3 Å². The number of nitrogens with one attached hydrogen (secondary N) is 2. The van der Waals surface area contributed by atoms with Gasteiger partial charge in [-0.25, -0.2) is 9.59 Å². The van der Waals surface area contributed by atoms with Crippen LogP contribution in [0.4, 0.5) is 4.79 Å². The van der Waals surface area contributed by atoms with E-state index >= 15 is 0 Å². The zero-order chi connectivity index (χ0) is 24.2. The molecule has 1 amide bonds. The number of ether oxygens (including phenoxy) is 2. The number of carbonyl (C=O) groups is 2. The van der Waals surface area contributed by atoms with Gasteiger partial charge in [0, 0.05) is 40.9 Å². The molecule has 0 aliphatic heterocycles. The number of amides is 1. The van der Waals surface area contributed by atoms with E-state index in [4.69, 9.17) is 9.47 Å². The van der Waals surface area contributed by atoms with Crippen LogP contribution in [0.1, 0.15) is 58.8 Å². The Morgan fingerprint density at radius 3 is 2.15 bits per heavy atom. The van der Waals surface area contributed by atoms with E-state index in [1.54, 1.807) is 45.0 Å². The van der Waals surface area contributed by atoms with Crippen LogP contribution in [0.3, 0.4) is 0 Å². The summed E-state index contributed by atoms with van der Waals surface area (Å²) in [5.41, 5.74) is 0.337. The van der Waals surface area contributed by atoms with Gasteiger partial charge in [-0.05, 0) is 47.1 Å². The number of hydrogen-bond acceptors (Lipinski definition) is 6. The average molecular weight is 661 g/mol. The first kappa shape index (κ1) is 31.3. The molecular formula is C23H36AuN4O4P-. The van der Waals surface area contributed by atoms with Crippen molar-refractivity contribution in [3.63, 3.8) is 0 Å². The fourth-order valence-corrected chi connectivity index (χ4v) is 3.85. The summed E-state index contributed by atoms with van der Waals surface area (Å²) in [4.78, 5) is 24.4. The Morgan fingerprint density at radius 1 is 1.15 bits per heavy atom. The Balaban J connectivity index is 0.000000978. The molecular weight excluding hydrogens is 624 g/mol. The van der Waals surface area contributed by atoms with Gasteiger partial charge in [-0.3, -0.25) is 5.10 Å². The van der Waals surface area contributed by atoms with E-state index in [2.05, 4.69) is 54.4 Å². The Bertz CT molecular complexity index is 801. The molecule has 8 nitrogen and oxygen atoms in total. The van der Waals surface area contributed by atoms with Crippen molar-refractivity contribution >= 4 is 19.3 Å². The first-order chi connectivity index (χ1) is 15.0. The van der Waals surface area contributed by atoms with Gasteiger partial charge in [0.15, 0.2) is 6.04 Å². The molecule has 0 fully saturated rings. The summed E-state index contributed by atoms with van der Waals surface area (Å²) in [5.74, 6) is -0.569. The van der Waals surface area contributed by atoms with E-state index in [0.29, 0.717) is 11.3 Å². The Kier molecular flexibility index (Phi) is 14.4. The van der Waals surface area contributed by atoms with E-state index in [-0.39, 0.29) is 29.0 Å². The molecule has 0 aliphatic carbocycles. The molecule has 33 heavy (non-hydrogen) atoms. The van der Waals surface area contributed by atoms with Crippen molar-refractivity contribution in [1.29, 1.82) is 0 Å². The second-order valence-electron chi connectivity index (χ2n) is 8.29. The second kappa shape index (κ2) is 15.2. The largest absolute Gasteiger partial charge is 0.458 e. The fourth-order valence-electron chi connectivity index (χ4n) is 2.51. The first-order valence-corrected chi connectivity index (χ1v) is 13.3. The van der Waals surface area contributed by atoms with Gasteiger partial charge < -0.3 is 26.1 Å². The monoisotopic (exact) mass is 660 g/mol. The number of alkyl carbamates (subject to hydrolysis) is 1. The third-order valence-electron chi connectivity index (χ3n) is 4.82. The molecule has 2 aromatic rings. The molecule has 0 saturated heterocycles. The standard InChI is InChI=1S/C16H19N4O4.C7H17P.Au/c1-16(2,3)24-14(21)13(11-7-5-4-6-8-11)18-15(22)23-10-12-9-17-20-19-12;1-5-8(4,6-2)7-3;/h4-8,13H,10H2,1-3H3,(H,18,22)(H,17,19,20);4-7H2,1-3H3;/q-1;;/t13-;;/m1../s1. The summed E-state index contributed by atoms with van der Waals surface area (Å²) in [5, 5.41) is 12.0. The molecule has 1 radical (unpaired) electrons. The predicted molar refractivity (Wildman–Crippen MR) is 127 cm³/mol. The quantitative estimate of drug-likeness (QED) is 0.183. The smallest absolute Gasteiger partial charge is 0.408 e. The van der Waals surface area contributed by atoms with Crippen molar-refractivity contribution in [1.82, 2.24) is 20.7 Å². The summed E-state index contributed by atoms with van der Waals surface area (Å²) < 4.78 is 10.4. The average Bonchev–Trinajstić information content (AvgIpc) is 3.29.